The molecule has 1 atom stereocenters. The number of ether oxygens (including phenoxy) is 3. The van der Waals surface area contributed by atoms with Crippen molar-refractivity contribution in [3.63, 3.8) is 0 Å². The summed E-state index contributed by atoms with van der Waals surface area (Å²) in [5, 5.41) is 14.4. The lowest BCUT2D eigenvalue weighted by Crippen LogP contribution is -2.17. The van der Waals surface area contributed by atoms with Crippen LogP contribution in [-0.2, 0) is 34.2 Å². The molecule has 202 valence electrons. The van der Waals surface area contributed by atoms with Crippen LogP contribution < -0.4 is 14.8 Å². The van der Waals surface area contributed by atoms with Crippen molar-refractivity contribution in [3.05, 3.63) is 52.9 Å². The Bertz CT molecular complexity index is 1370. The normalized spacial score (nSPS) is 15.0. The van der Waals surface area contributed by atoms with Crippen LogP contribution in [0.25, 0.3) is 11.4 Å². The van der Waals surface area contributed by atoms with Crippen LogP contribution in [0.5, 0.6) is 11.5 Å². The van der Waals surface area contributed by atoms with E-state index in [0.29, 0.717) is 36.3 Å². The summed E-state index contributed by atoms with van der Waals surface area (Å²) in [5.74, 6) is -3.31. The van der Waals surface area contributed by atoms with Crippen molar-refractivity contribution in [1.29, 1.82) is 0 Å². The number of methoxy groups -OCH3 is 2. The number of H-pyrrole nitrogens is 1. The van der Waals surface area contributed by atoms with Crippen LogP contribution >= 0.6 is 0 Å². The summed E-state index contributed by atoms with van der Waals surface area (Å²) < 4.78 is 46.9. The van der Waals surface area contributed by atoms with Gasteiger partial charge in [0.05, 0.1) is 32.2 Å². The van der Waals surface area contributed by atoms with Crippen molar-refractivity contribution in [2.75, 3.05) is 19.5 Å². The van der Waals surface area contributed by atoms with Crippen LogP contribution in [0.1, 0.15) is 43.0 Å². The maximum absolute atomic E-state index is 15.1. The molecule has 12 heteroatoms. The van der Waals surface area contributed by atoms with E-state index in [-0.39, 0.29) is 23.2 Å². The molecular formula is C26H29F2N5O5. The lowest BCUT2D eigenvalue weighted by atomic mass is 9.81. The number of aryl methyl sites for hydroxylation is 1. The molecule has 1 amide bonds. The number of rotatable bonds is 8. The molecule has 2 heterocycles. The van der Waals surface area contributed by atoms with Crippen LogP contribution in [0.3, 0.4) is 0 Å². The highest BCUT2D eigenvalue weighted by atomic mass is 19.1. The van der Waals surface area contributed by atoms with Crippen molar-refractivity contribution in [2.24, 2.45) is 7.05 Å². The molecule has 4 rings (SSSR count). The summed E-state index contributed by atoms with van der Waals surface area (Å²) >= 11 is 0. The predicted molar refractivity (Wildman–Crippen MR) is 134 cm³/mol. The molecule has 1 aromatic carbocycles. The van der Waals surface area contributed by atoms with Gasteiger partial charge in [-0.05, 0) is 39.0 Å². The molecule has 1 aliphatic rings. The lowest BCUT2D eigenvalue weighted by molar-refractivity contribution is -0.141. The third-order valence-electron chi connectivity index (χ3n) is 6.31. The minimum atomic E-state index is -0.749. The van der Waals surface area contributed by atoms with Gasteiger partial charge in [-0.2, -0.15) is 10.2 Å². The van der Waals surface area contributed by atoms with E-state index >= 15 is 8.78 Å². The van der Waals surface area contributed by atoms with Gasteiger partial charge in [-0.25, -0.2) is 13.6 Å². The zero-order valence-corrected chi connectivity index (χ0v) is 21.7. The Balaban J connectivity index is 1.59. The maximum atomic E-state index is 15.1. The van der Waals surface area contributed by atoms with Gasteiger partial charge < -0.3 is 19.5 Å². The molecule has 0 saturated carbocycles. The maximum Gasteiger partial charge on any atom is 0.331 e. The Morgan fingerprint density at radius 1 is 1.18 bits per heavy atom. The van der Waals surface area contributed by atoms with Crippen molar-refractivity contribution in [1.82, 2.24) is 20.0 Å². The standard InChI is InChI=1S/C26H29F2N5O5/c1-13(2)38-21(35)9-8-20(34)30-17-12-29-33(3)26(17)25-15-7-6-14(10-16(15)31-32-25)22-23(27)18(36-4)11-19(37-5)24(22)28/h8-9,11-14H,6-7,10H2,1-5H3,(H,30,34)(H,31,32)/b9-8+/t14-/m0/s1. The second-order valence-electron chi connectivity index (χ2n) is 9.13. The molecule has 0 saturated heterocycles. The second kappa shape index (κ2) is 11.0. The zero-order chi connectivity index (χ0) is 27.6. The van der Waals surface area contributed by atoms with Gasteiger partial charge in [0.25, 0.3) is 0 Å². The molecule has 0 spiro atoms. The third kappa shape index (κ3) is 5.24. The number of carbonyl (C=O) groups excluding carboxylic acids is 2. The summed E-state index contributed by atoms with van der Waals surface area (Å²) in [6.07, 6.45) is 4.55. The molecular weight excluding hydrogens is 500 g/mol. The number of nitrogens with one attached hydrogen (secondary N) is 2. The predicted octanol–water partition coefficient (Wildman–Crippen LogP) is 3.82. The first-order chi connectivity index (χ1) is 18.1. The first-order valence-electron chi connectivity index (χ1n) is 12.0. The van der Waals surface area contributed by atoms with Gasteiger partial charge in [0, 0.05) is 42.1 Å². The van der Waals surface area contributed by atoms with Gasteiger partial charge in [-0.15, -0.1) is 0 Å². The Morgan fingerprint density at radius 2 is 1.87 bits per heavy atom. The van der Waals surface area contributed by atoms with E-state index in [2.05, 4.69) is 20.6 Å². The number of hydrogen-bond acceptors (Lipinski definition) is 7. The van der Waals surface area contributed by atoms with E-state index in [4.69, 9.17) is 14.2 Å². The fourth-order valence-electron chi connectivity index (χ4n) is 4.61. The zero-order valence-electron chi connectivity index (χ0n) is 21.7. The molecule has 38 heavy (non-hydrogen) atoms. The van der Waals surface area contributed by atoms with Crippen molar-refractivity contribution < 1.29 is 32.6 Å². The number of hydrogen-bond donors (Lipinski definition) is 2. The summed E-state index contributed by atoms with van der Waals surface area (Å²) in [5.41, 5.74) is 3.03. The minimum Gasteiger partial charge on any atom is -0.494 e. The highest BCUT2D eigenvalue weighted by molar-refractivity contribution is 6.04. The SMILES string of the molecule is COc1cc(OC)c(F)c([C@H]2CCc3c(-c4c(NC(=O)/C=C/C(=O)OC(C)C)cnn4C)n[nH]c3C2)c1F. The highest BCUT2D eigenvalue weighted by Gasteiger charge is 2.33. The number of carbonyl (C=O) groups is 2. The van der Waals surface area contributed by atoms with E-state index in [9.17, 15) is 9.59 Å². The first-order valence-corrected chi connectivity index (χ1v) is 12.0. The fourth-order valence-corrected chi connectivity index (χ4v) is 4.61. The lowest BCUT2D eigenvalue weighted by Gasteiger charge is -2.25. The molecule has 1 aliphatic carbocycles. The number of aromatic nitrogens is 4. The second-order valence-corrected chi connectivity index (χ2v) is 9.13. The van der Waals surface area contributed by atoms with Crippen LogP contribution in [-0.4, -0.2) is 52.2 Å². The van der Waals surface area contributed by atoms with Crippen molar-refractivity contribution >= 4 is 17.6 Å². The highest BCUT2D eigenvalue weighted by Crippen LogP contribution is 2.42. The molecule has 0 radical (unpaired) electrons. The number of esters is 1. The summed E-state index contributed by atoms with van der Waals surface area (Å²) in [6.45, 7) is 3.42. The van der Waals surface area contributed by atoms with Crippen LogP contribution in [0.2, 0.25) is 0 Å². The first kappa shape index (κ1) is 26.8. The van der Waals surface area contributed by atoms with Gasteiger partial charge in [0.1, 0.15) is 11.4 Å². The molecule has 0 bridgehead atoms. The molecule has 3 aromatic rings. The number of anilines is 1. The molecule has 0 aliphatic heterocycles. The van der Waals surface area contributed by atoms with Crippen LogP contribution in [0.15, 0.2) is 24.4 Å². The van der Waals surface area contributed by atoms with Gasteiger partial charge in [0.2, 0.25) is 5.91 Å². The summed E-state index contributed by atoms with van der Waals surface area (Å²) in [7, 11) is 4.34. The Labute approximate surface area is 218 Å². The van der Waals surface area contributed by atoms with E-state index in [1.54, 1.807) is 25.6 Å². The van der Waals surface area contributed by atoms with E-state index in [1.165, 1.54) is 26.5 Å². The Kier molecular flexibility index (Phi) is 7.79. The number of fused-ring (bicyclic) bond motifs is 1. The van der Waals surface area contributed by atoms with Gasteiger partial charge in [0.15, 0.2) is 23.1 Å². The van der Waals surface area contributed by atoms with Gasteiger partial charge in [-0.1, -0.05) is 0 Å². The largest absolute Gasteiger partial charge is 0.494 e. The van der Waals surface area contributed by atoms with Crippen molar-refractivity contribution in [2.45, 2.75) is 45.1 Å². The van der Waals surface area contributed by atoms with E-state index < -0.39 is 29.4 Å². The molecule has 0 unspecified atom stereocenters. The molecule has 2 aromatic heterocycles. The average Bonchev–Trinajstić information content (AvgIpc) is 3.44. The van der Waals surface area contributed by atoms with Crippen LogP contribution in [0, 0.1) is 11.6 Å². The van der Waals surface area contributed by atoms with E-state index in [1.807, 2.05) is 0 Å². The molecule has 2 N–H and O–H groups in total. The number of nitrogens with zero attached hydrogens (tertiary/aromatic N) is 3. The number of halogens is 2. The van der Waals surface area contributed by atoms with E-state index in [0.717, 1.165) is 23.4 Å². The molecule has 0 fully saturated rings. The quantitative estimate of drug-likeness (QED) is 0.336. The smallest absolute Gasteiger partial charge is 0.331 e. The number of aromatic amines is 1. The number of benzene rings is 1. The topological polar surface area (TPSA) is 120 Å². The third-order valence-corrected chi connectivity index (χ3v) is 6.31. The fraction of sp³-hybridized carbons (Fsp3) is 0.385. The Hall–Kier alpha value is -4.22. The minimum absolute atomic E-state index is 0.0840. The van der Waals surface area contributed by atoms with Crippen LogP contribution in [0.4, 0.5) is 14.5 Å². The summed E-state index contributed by atoms with van der Waals surface area (Å²) in [6, 6.07) is 1.19. The van der Waals surface area contributed by atoms with Crippen molar-refractivity contribution in [3.8, 4) is 22.9 Å². The Morgan fingerprint density at radius 3 is 2.50 bits per heavy atom. The van der Waals surface area contributed by atoms with Gasteiger partial charge >= 0.3 is 5.97 Å². The monoisotopic (exact) mass is 529 g/mol. The number of amides is 1. The average molecular weight is 530 g/mol. The molecule has 10 nitrogen and oxygen atoms in total. The summed E-state index contributed by atoms with van der Waals surface area (Å²) in [4.78, 5) is 24.1. The van der Waals surface area contributed by atoms with Gasteiger partial charge in [-0.3, -0.25) is 14.6 Å².